The Labute approximate surface area is 153 Å². The van der Waals surface area contributed by atoms with Crippen molar-refractivity contribution in [2.45, 2.75) is 0 Å². The van der Waals surface area contributed by atoms with Gasteiger partial charge in [0.25, 0.3) is 5.69 Å². The first-order chi connectivity index (χ1) is 12.1. The molecule has 2 aromatic carbocycles. The Kier molecular flexibility index (Phi) is 5.78. The molecule has 11 heteroatoms. The van der Waals surface area contributed by atoms with Gasteiger partial charge in [-0.15, -0.1) is 0 Å². The van der Waals surface area contributed by atoms with Crippen LogP contribution >= 0.6 is 11.6 Å². The summed E-state index contributed by atoms with van der Waals surface area (Å²) in [5.41, 5.74) is -0.0871. The van der Waals surface area contributed by atoms with Crippen LogP contribution in [0.15, 0.2) is 42.5 Å². The zero-order valence-corrected chi connectivity index (χ0v) is 14.9. The number of nitrogens with one attached hydrogen (secondary N) is 1. The minimum atomic E-state index is -3.87. The van der Waals surface area contributed by atoms with Crippen molar-refractivity contribution in [3.05, 3.63) is 63.4 Å². The molecule has 0 unspecified atom stereocenters. The number of carbonyl (C=O) groups is 1. The Hall–Kier alpha value is -2.72. The maximum atomic E-state index is 13.3. The van der Waals surface area contributed by atoms with Gasteiger partial charge >= 0.3 is 0 Å². The van der Waals surface area contributed by atoms with Gasteiger partial charge in [0.2, 0.25) is 15.9 Å². The minimum absolute atomic E-state index is 0.00749. The van der Waals surface area contributed by atoms with E-state index in [-0.39, 0.29) is 22.1 Å². The highest BCUT2D eigenvalue weighted by Crippen LogP contribution is 2.24. The molecule has 0 saturated carbocycles. The number of nitrogens with zero attached hydrogens (tertiary/aromatic N) is 2. The predicted octanol–water partition coefficient (Wildman–Crippen LogP) is 2.79. The number of sulfonamides is 1. The molecular formula is C15H13ClFN3O5S. The number of hydrogen-bond donors (Lipinski definition) is 1. The lowest BCUT2D eigenvalue weighted by molar-refractivity contribution is -0.384. The average molecular weight is 402 g/mol. The zero-order valence-electron chi connectivity index (χ0n) is 13.3. The molecule has 26 heavy (non-hydrogen) atoms. The molecule has 1 N–H and O–H groups in total. The van der Waals surface area contributed by atoms with E-state index < -0.39 is 33.2 Å². The Bertz CT molecular complexity index is 968. The van der Waals surface area contributed by atoms with Crippen LogP contribution in [0.5, 0.6) is 0 Å². The van der Waals surface area contributed by atoms with Crippen molar-refractivity contribution in [3.63, 3.8) is 0 Å². The van der Waals surface area contributed by atoms with Crippen molar-refractivity contribution >= 4 is 44.6 Å². The van der Waals surface area contributed by atoms with E-state index in [1.807, 2.05) is 0 Å². The van der Waals surface area contributed by atoms with Gasteiger partial charge in [0.05, 0.1) is 21.9 Å². The van der Waals surface area contributed by atoms with Crippen LogP contribution in [0.4, 0.5) is 21.5 Å². The summed E-state index contributed by atoms with van der Waals surface area (Å²) in [6.45, 7) is -0.622. The molecule has 8 nitrogen and oxygen atoms in total. The molecule has 0 aliphatic rings. The first-order valence-corrected chi connectivity index (χ1v) is 9.27. The smallest absolute Gasteiger partial charge is 0.271 e. The first kappa shape index (κ1) is 19.6. The molecular weight excluding hydrogens is 389 g/mol. The maximum Gasteiger partial charge on any atom is 0.271 e. The van der Waals surface area contributed by atoms with Gasteiger partial charge < -0.3 is 5.32 Å². The number of rotatable bonds is 6. The third kappa shape index (κ3) is 4.90. The molecule has 0 heterocycles. The van der Waals surface area contributed by atoms with E-state index in [1.165, 1.54) is 24.3 Å². The van der Waals surface area contributed by atoms with E-state index in [9.17, 15) is 27.7 Å². The minimum Gasteiger partial charge on any atom is -0.324 e. The highest BCUT2D eigenvalue weighted by Gasteiger charge is 2.22. The maximum absolute atomic E-state index is 13.3. The van der Waals surface area contributed by atoms with Crippen LogP contribution < -0.4 is 9.62 Å². The lowest BCUT2D eigenvalue weighted by Gasteiger charge is -2.22. The SMILES string of the molecule is CS(=O)(=O)N(CC(=O)Nc1cccc([N+](=O)[O-])c1)c1ccc(F)c(Cl)c1. The summed E-state index contributed by atoms with van der Waals surface area (Å²) >= 11 is 5.66. The molecule has 0 saturated heterocycles. The molecule has 2 aromatic rings. The van der Waals surface area contributed by atoms with Crippen LogP contribution in [0.25, 0.3) is 0 Å². The normalized spacial score (nSPS) is 11.0. The Morgan fingerprint density at radius 3 is 2.58 bits per heavy atom. The summed E-state index contributed by atoms with van der Waals surface area (Å²) in [5, 5.41) is 12.8. The van der Waals surface area contributed by atoms with Crippen LogP contribution in [0.1, 0.15) is 0 Å². The number of benzene rings is 2. The van der Waals surface area contributed by atoms with Gasteiger partial charge in [0, 0.05) is 17.8 Å². The summed E-state index contributed by atoms with van der Waals surface area (Å²) in [5.74, 6) is -1.47. The summed E-state index contributed by atoms with van der Waals surface area (Å²) in [6, 6.07) is 8.42. The number of halogens is 2. The summed E-state index contributed by atoms with van der Waals surface area (Å²) in [7, 11) is -3.87. The average Bonchev–Trinajstić information content (AvgIpc) is 2.54. The van der Waals surface area contributed by atoms with Gasteiger partial charge in [-0.3, -0.25) is 19.2 Å². The van der Waals surface area contributed by atoms with Gasteiger partial charge in [-0.2, -0.15) is 0 Å². The van der Waals surface area contributed by atoms with Gasteiger partial charge in [0.15, 0.2) is 0 Å². The molecule has 0 aliphatic carbocycles. The molecule has 0 aliphatic heterocycles. The topological polar surface area (TPSA) is 110 Å². The number of amides is 1. The van der Waals surface area contributed by atoms with E-state index in [1.54, 1.807) is 0 Å². The molecule has 0 radical (unpaired) electrons. The molecule has 2 rings (SSSR count). The number of carbonyl (C=O) groups excluding carboxylic acids is 1. The lowest BCUT2D eigenvalue weighted by Crippen LogP contribution is -2.37. The summed E-state index contributed by atoms with van der Waals surface area (Å²) < 4.78 is 38.0. The fourth-order valence-electron chi connectivity index (χ4n) is 2.07. The Morgan fingerprint density at radius 1 is 1.31 bits per heavy atom. The van der Waals surface area contributed by atoms with E-state index in [2.05, 4.69) is 5.32 Å². The monoisotopic (exact) mass is 401 g/mol. The van der Waals surface area contributed by atoms with Crippen LogP contribution in [0.3, 0.4) is 0 Å². The van der Waals surface area contributed by atoms with Gasteiger partial charge in [-0.05, 0) is 24.3 Å². The molecule has 0 fully saturated rings. The summed E-state index contributed by atoms with van der Waals surface area (Å²) in [4.78, 5) is 22.3. The van der Waals surface area contributed by atoms with E-state index in [4.69, 9.17) is 11.6 Å². The second kappa shape index (κ2) is 7.67. The highest BCUT2D eigenvalue weighted by molar-refractivity contribution is 7.92. The molecule has 1 amide bonds. The second-order valence-corrected chi connectivity index (χ2v) is 7.54. The molecule has 0 spiro atoms. The zero-order chi connectivity index (χ0) is 19.5. The molecule has 0 aromatic heterocycles. The van der Waals surface area contributed by atoms with Crippen molar-refractivity contribution in [2.24, 2.45) is 0 Å². The van der Waals surface area contributed by atoms with E-state index >= 15 is 0 Å². The van der Waals surface area contributed by atoms with Crippen molar-refractivity contribution in [3.8, 4) is 0 Å². The third-order valence-electron chi connectivity index (χ3n) is 3.22. The standard InChI is InChI=1S/C15H13ClFN3O5S/c1-26(24,25)19(11-5-6-14(17)13(16)8-11)9-15(21)18-10-3-2-4-12(7-10)20(22)23/h2-8H,9H2,1H3,(H,18,21). The number of hydrogen-bond acceptors (Lipinski definition) is 5. The van der Waals surface area contributed by atoms with Gasteiger partial charge in [0.1, 0.15) is 12.4 Å². The largest absolute Gasteiger partial charge is 0.324 e. The Balaban J connectivity index is 2.23. The fraction of sp³-hybridized carbons (Fsp3) is 0.133. The van der Waals surface area contributed by atoms with Crippen molar-refractivity contribution in [1.29, 1.82) is 0 Å². The van der Waals surface area contributed by atoms with Gasteiger partial charge in [-0.1, -0.05) is 17.7 Å². The highest BCUT2D eigenvalue weighted by atomic mass is 35.5. The predicted molar refractivity (Wildman–Crippen MR) is 95.3 cm³/mol. The fourth-order valence-corrected chi connectivity index (χ4v) is 3.09. The van der Waals surface area contributed by atoms with Crippen LogP contribution in [-0.2, 0) is 14.8 Å². The van der Waals surface area contributed by atoms with E-state index in [0.29, 0.717) is 0 Å². The lowest BCUT2D eigenvalue weighted by atomic mass is 10.2. The summed E-state index contributed by atoms with van der Waals surface area (Å²) in [6.07, 6.45) is 0.880. The number of nitro benzene ring substituents is 1. The van der Waals surface area contributed by atoms with Crippen molar-refractivity contribution < 1.29 is 22.5 Å². The Morgan fingerprint density at radius 2 is 2.00 bits per heavy atom. The molecule has 0 atom stereocenters. The van der Waals surface area contributed by atoms with E-state index in [0.717, 1.165) is 28.8 Å². The number of non-ortho nitro benzene ring substituents is 1. The first-order valence-electron chi connectivity index (χ1n) is 7.05. The van der Waals surface area contributed by atoms with Crippen LogP contribution in [-0.4, -0.2) is 32.0 Å². The van der Waals surface area contributed by atoms with Crippen molar-refractivity contribution in [1.82, 2.24) is 0 Å². The number of nitro groups is 1. The van der Waals surface area contributed by atoms with Crippen LogP contribution in [0, 0.1) is 15.9 Å². The van der Waals surface area contributed by atoms with Crippen LogP contribution in [0.2, 0.25) is 5.02 Å². The molecule has 138 valence electrons. The quantitative estimate of drug-likeness (QED) is 0.591. The third-order valence-corrected chi connectivity index (χ3v) is 4.65. The number of anilines is 2. The second-order valence-electron chi connectivity index (χ2n) is 5.22. The molecule has 0 bridgehead atoms. The van der Waals surface area contributed by atoms with Crippen molar-refractivity contribution in [2.75, 3.05) is 22.4 Å². The van der Waals surface area contributed by atoms with Gasteiger partial charge in [-0.25, -0.2) is 12.8 Å².